The van der Waals surface area contributed by atoms with E-state index in [2.05, 4.69) is 147 Å². The first-order valence-electron chi connectivity index (χ1n) is 17.1. The van der Waals surface area contributed by atoms with E-state index < -0.39 is 0 Å². The molecule has 0 saturated heterocycles. The summed E-state index contributed by atoms with van der Waals surface area (Å²) < 4.78 is 2.16. The summed E-state index contributed by atoms with van der Waals surface area (Å²) in [6.45, 7) is 6.65. The number of nitrogens with zero attached hydrogens (tertiary/aromatic N) is 3. The van der Waals surface area contributed by atoms with Crippen molar-refractivity contribution in [3.63, 3.8) is 0 Å². The molecular formula is C46H35N3O. The van der Waals surface area contributed by atoms with Crippen molar-refractivity contribution >= 4 is 5.65 Å². The molecule has 4 nitrogen and oxygen atoms in total. The third kappa shape index (κ3) is 4.75. The second-order valence-corrected chi connectivity index (χ2v) is 13.7. The van der Waals surface area contributed by atoms with Crippen molar-refractivity contribution in [3.8, 4) is 73.0 Å². The molecule has 3 heterocycles. The Kier molecular flexibility index (Phi) is 6.82. The van der Waals surface area contributed by atoms with E-state index in [1.165, 1.54) is 22.3 Å². The first-order valence-corrected chi connectivity index (χ1v) is 17.1. The van der Waals surface area contributed by atoms with Crippen LogP contribution in [0.2, 0.25) is 0 Å². The molecule has 0 radical (unpaired) electrons. The molecule has 0 spiro atoms. The summed E-state index contributed by atoms with van der Waals surface area (Å²) >= 11 is 0. The van der Waals surface area contributed by atoms with E-state index in [0.29, 0.717) is 0 Å². The van der Waals surface area contributed by atoms with Crippen LogP contribution in [-0.4, -0.2) is 19.5 Å². The van der Waals surface area contributed by atoms with Gasteiger partial charge in [-0.3, -0.25) is 4.40 Å². The van der Waals surface area contributed by atoms with Gasteiger partial charge in [0.25, 0.3) is 0 Å². The second-order valence-electron chi connectivity index (χ2n) is 13.7. The van der Waals surface area contributed by atoms with Gasteiger partial charge in [-0.2, -0.15) is 0 Å². The monoisotopic (exact) mass is 645 g/mol. The third-order valence-corrected chi connectivity index (χ3v) is 10.3. The van der Waals surface area contributed by atoms with Crippen molar-refractivity contribution in [2.45, 2.75) is 26.2 Å². The highest BCUT2D eigenvalue weighted by Crippen LogP contribution is 2.51. The molecule has 0 fully saturated rings. The average Bonchev–Trinajstić information content (AvgIpc) is 3.64. The van der Waals surface area contributed by atoms with Crippen LogP contribution in [-0.2, 0) is 5.41 Å². The molecule has 0 bridgehead atoms. The van der Waals surface area contributed by atoms with Crippen molar-refractivity contribution in [2.24, 2.45) is 0 Å². The van der Waals surface area contributed by atoms with Crippen LogP contribution >= 0.6 is 0 Å². The highest BCUT2D eigenvalue weighted by molar-refractivity contribution is 5.88. The van der Waals surface area contributed by atoms with Gasteiger partial charge >= 0.3 is 0 Å². The first kappa shape index (κ1) is 29.8. The number of pyridine rings is 2. The summed E-state index contributed by atoms with van der Waals surface area (Å²) in [5.74, 6) is 0.225. The molecule has 0 unspecified atom stereocenters. The van der Waals surface area contributed by atoms with Crippen LogP contribution in [0.1, 0.15) is 30.5 Å². The van der Waals surface area contributed by atoms with Gasteiger partial charge in [-0.25, -0.2) is 9.97 Å². The molecule has 4 heteroatoms. The number of aryl methyl sites for hydroxylation is 1. The number of phenols is 1. The molecule has 0 saturated carbocycles. The van der Waals surface area contributed by atoms with Gasteiger partial charge in [-0.15, -0.1) is 0 Å². The topological polar surface area (TPSA) is 50.4 Å². The molecule has 9 rings (SSSR count). The van der Waals surface area contributed by atoms with E-state index in [0.717, 1.165) is 67.4 Å². The zero-order valence-electron chi connectivity index (χ0n) is 28.2. The van der Waals surface area contributed by atoms with Gasteiger partial charge in [-0.1, -0.05) is 117 Å². The van der Waals surface area contributed by atoms with E-state index >= 15 is 0 Å². The highest BCUT2D eigenvalue weighted by atomic mass is 16.3. The average molecular weight is 646 g/mol. The number of rotatable bonds is 5. The summed E-state index contributed by atoms with van der Waals surface area (Å²) in [7, 11) is 0. The molecule has 8 aromatic rings. The SMILES string of the molecule is Cc1ccccc1-c1cc(-c2cccc(-c3nc4ccccn4c3-c3ccccc3)c2)nc(-c2cc3c(cc2O)-c2ccccc2C3(C)C)c1. The highest BCUT2D eigenvalue weighted by Gasteiger charge is 2.36. The zero-order chi connectivity index (χ0) is 34.0. The van der Waals surface area contributed by atoms with Crippen molar-refractivity contribution in [3.05, 3.63) is 168 Å². The zero-order valence-corrected chi connectivity index (χ0v) is 28.2. The van der Waals surface area contributed by atoms with Gasteiger partial charge in [0.1, 0.15) is 11.4 Å². The van der Waals surface area contributed by atoms with Crippen LogP contribution in [0.3, 0.4) is 0 Å². The lowest BCUT2D eigenvalue weighted by Gasteiger charge is -2.22. The van der Waals surface area contributed by atoms with Gasteiger partial charge < -0.3 is 5.11 Å². The van der Waals surface area contributed by atoms with E-state index in [4.69, 9.17) is 9.97 Å². The number of fused-ring (bicyclic) bond motifs is 4. The summed E-state index contributed by atoms with van der Waals surface area (Å²) in [5, 5.41) is 11.7. The van der Waals surface area contributed by atoms with E-state index in [1.807, 2.05) is 30.3 Å². The number of benzene rings is 5. The first-order chi connectivity index (χ1) is 24.4. The van der Waals surface area contributed by atoms with Crippen LogP contribution in [0.25, 0.3) is 72.9 Å². The normalized spacial score (nSPS) is 12.9. The largest absolute Gasteiger partial charge is 0.507 e. The Balaban J connectivity index is 1.24. The van der Waals surface area contributed by atoms with Crippen molar-refractivity contribution < 1.29 is 5.11 Å². The Bertz CT molecular complexity index is 2600. The number of imidazole rings is 1. The molecular weight excluding hydrogens is 611 g/mol. The summed E-state index contributed by atoms with van der Waals surface area (Å²) in [5.41, 5.74) is 16.1. The number of hydrogen-bond donors (Lipinski definition) is 1. The number of aromatic nitrogens is 3. The second kappa shape index (κ2) is 11.4. The number of hydrogen-bond acceptors (Lipinski definition) is 3. The molecule has 0 atom stereocenters. The maximum Gasteiger partial charge on any atom is 0.137 e. The summed E-state index contributed by atoms with van der Waals surface area (Å²) in [6.07, 6.45) is 2.07. The fraction of sp³-hybridized carbons (Fsp3) is 0.0870. The lowest BCUT2D eigenvalue weighted by atomic mass is 9.81. The fourth-order valence-electron chi connectivity index (χ4n) is 7.70. The van der Waals surface area contributed by atoms with Crippen LogP contribution < -0.4 is 0 Å². The van der Waals surface area contributed by atoms with E-state index in [-0.39, 0.29) is 11.2 Å². The van der Waals surface area contributed by atoms with Crippen LogP contribution in [0.4, 0.5) is 0 Å². The van der Waals surface area contributed by atoms with Gasteiger partial charge in [0, 0.05) is 33.9 Å². The molecule has 0 aliphatic heterocycles. The Morgan fingerprint density at radius 1 is 0.520 bits per heavy atom. The lowest BCUT2D eigenvalue weighted by Crippen LogP contribution is -2.15. The summed E-state index contributed by atoms with van der Waals surface area (Å²) in [4.78, 5) is 10.4. The van der Waals surface area contributed by atoms with Gasteiger partial charge in [0.15, 0.2) is 0 Å². The Labute approximate surface area is 292 Å². The molecule has 240 valence electrons. The lowest BCUT2D eigenvalue weighted by molar-refractivity contribution is 0.477. The minimum atomic E-state index is -0.205. The predicted molar refractivity (Wildman–Crippen MR) is 204 cm³/mol. The van der Waals surface area contributed by atoms with E-state index in [9.17, 15) is 5.11 Å². The number of aromatic hydroxyl groups is 1. The molecule has 1 aliphatic carbocycles. The molecule has 50 heavy (non-hydrogen) atoms. The maximum absolute atomic E-state index is 11.7. The Morgan fingerprint density at radius 3 is 2.06 bits per heavy atom. The fourth-order valence-corrected chi connectivity index (χ4v) is 7.70. The Morgan fingerprint density at radius 2 is 1.22 bits per heavy atom. The minimum absolute atomic E-state index is 0.205. The maximum atomic E-state index is 11.7. The number of phenolic OH excluding ortho intramolecular Hbond substituents is 1. The van der Waals surface area contributed by atoms with Crippen molar-refractivity contribution in [2.75, 3.05) is 0 Å². The minimum Gasteiger partial charge on any atom is -0.507 e. The van der Waals surface area contributed by atoms with Gasteiger partial charge in [0.2, 0.25) is 0 Å². The molecule has 1 aliphatic rings. The van der Waals surface area contributed by atoms with Crippen molar-refractivity contribution in [1.29, 1.82) is 0 Å². The Hall–Kier alpha value is -6.26. The molecule has 1 N–H and O–H groups in total. The smallest absolute Gasteiger partial charge is 0.137 e. The predicted octanol–water partition coefficient (Wildman–Crippen LogP) is 11.4. The van der Waals surface area contributed by atoms with Crippen LogP contribution in [0.5, 0.6) is 5.75 Å². The molecule has 5 aromatic carbocycles. The quantitative estimate of drug-likeness (QED) is 0.203. The van der Waals surface area contributed by atoms with Crippen molar-refractivity contribution in [1.82, 2.24) is 14.4 Å². The molecule has 0 amide bonds. The van der Waals surface area contributed by atoms with Gasteiger partial charge in [0.05, 0.1) is 22.8 Å². The standard InChI is InChI=1S/C46H35N3O/c1-29-14-7-8-19-34(29)33-25-40(47-41(26-33)37-27-39-36(28-42(37)50)35-20-9-10-21-38(35)46(39,2)3)31-17-13-18-32(24-31)44-45(30-15-5-4-6-16-30)49-23-12-11-22-43(49)48-44/h4-28,50H,1-3H3. The van der Waals surface area contributed by atoms with Crippen LogP contribution in [0.15, 0.2) is 152 Å². The van der Waals surface area contributed by atoms with Crippen LogP contribution in [0, 0.1) is 6.92 Å². The molecule has 3 aromatic heterocycles. The third-order valence-electron chi connectivity index (χ3n) is 10.3. The summed E-state index contributed by atoms with van der Waals surface area (Å²) in [6, 6.07) is 50.3. The van der Waals surface area contributed by atoms with E-state index in [1.54, 1.807) is 0 Å². The van der Waals surface area contributed by atoms with Gasteiger partial charge in [-0.05, 0) is 88.3 Å².